The maximum absolute atomic E-state index is 9.15. The zero-order valence-electron chi connectivity index (χ0n) is 11.2. The van der Waals surface area contributed by atoms with Gasteiger partial charge in [-0.25, -0.2) is 0 Å². The summed E-state index contributed by atoms with van der Waals surface area (Å²) in [6.07, 6.45) is 3.25. The minimum absolute atomic E-state index is 0.0721. The van der Waals surface area contributed by atoms with E-state index >= 15 is 0 Å². The van der Waals surface area contributed by atoms with Gasteiger partial charge in [0.1, 0.15) is 5.54 Å². The van der Waals surface area contributed by atoms with Gasteiger partial charge in [-0.05, 0) is 33.2 Å². The number of nitriles is 1. The van der Waals surface area contributed by atoms with Gasteiger partial charge in [-0.1, -0.05) is 6.92 Å². The molecule has 98 valence electrons. The SMILES string of the molecule is CCNC(C)(C#N)CC(C)OCC1CCCO1. The van der Waals surface area contributed by atoms with E-state index in [1.54, 1.807) is 0 Å². The fourth-order valence-corrected chi connectivity index (χ4v) is 2.23. The van der Waals surface area contributed by atoms with Gasteiger partial charge in [0, 0.05) is 13.0 Å². The molecule has 1 N–H and O–H groups in total. The van der Waals surface area contributed by atoms with Crippen LogP contribution < -0.4 is 5.32 Å². The lowest BCUT2D eigenvalue weighted by Crippen LogP contribution is -2.43. The molecule has 0 aromatic carbocycles. The summed E-state index contributed by atoms with van der Waals surface area (Å²) in [6.45, 7) is 8.24. The minimum atomic E-state index is -0.495. The molecule has 0 amide bonds. The van der Waals surface area contributed by atoms with E-state index in [-0.39, 0.29) is 12.2 Å². The molecule has 1 saturated heterocycles. The Bertz CT molecular complexity index is 259. The van der Waals surface area contributed by atoms with Crippen LogP contribution in [0.5, 0.6) is 0 Å². The number of rotatable bonds is 7. The third-order valence-corrected chi connectivity index (χ3v) is 3.10. The van der Waals surface area contributed by atoms with Crippen molar-refractivity contribution in [3.05, 3.63) is 0 Å². The molecule has 0 spiro atoms. The molecule has 0 aromatic rings. The van der Waals surface area contributed by atoms with Gasteiger partial charge in [-0.3, -0.25) is 5.32 Å². The number of hydrogen-bond donors (Lipinski definition) is 1. The molecule has 0 aliphatic carbocycles. The van der Waals surface area contributed by atoms with E-state index < -0.39 is 5.54 Å². The summed E-state index contributed by atoms with van der Waals surface area (Å²) < 4.78 is 11.3. The Balaban J connectivity index is 2.27. The number of nitrogens with one attached hydrogen (secondary N) is 1. The molecule has 0 aromatic heterocycles. The van der Waals surface area contributed by atoms with Crippen molar-refractivity contribution >= 4 is 0 Å². The van der Waals surface area contributed by atoms with Crippen LogP contribution in [0.4, 0.5) is 0 Å². The highest BCUT2D eigenvalue weighted by atomic mass is 16.5. The van der Waals surface area contributed by atoms with Crippen molar-refractivity contribution in [2.45, 2.75) is 57.8 Å². The van der Waals surface area contributed by atoms with Crippen molar-refractivity contribution < 1.29 is 9.47 Å². The molecule has 1 rings (SSSR count). The predicted octanol–water partition coefficient (Wildman–Crippen LogP) is 1.85. The topological polar surface area (TPSA) is 54.3 Å². The normalized spacial score (nSPS) is 25.2. The van der Waals surface area contributed by atoms with Crippen LogP contribution >= 0.6 is 0 Å². The van der Waals surface area contributed by atoms with E-state index in [0.717, 1.165) is 26.0 Å². The summed E-state index contributed by atoms with van der Waals surface area (Å²) in [5.74, 6) is 0. The molecule has 4 nitrogen and oxygen atoms in total. The Kier molecular flexibility index (Phi) is 5.90. The summed E-state index contributed by atoms with van der Waals surface area (Å²) in [4.78, 5) is 0. The average Bonchev–Trinajstić information content (AvgIpc) is 2.79. The Morgan fingerprint density at radius 2 is 2.41 bits per heavy atom. The monoisotopic (exact) mass is 240 g/mol. The molecule has 1 aliphatic heterocycles. The molecule has 1 aliphatic rings. The van der Waals surface area contributed by atoms with Gasteiger partial charge in [0.15, 0.2) is 0 Å². The highest BCUT2D eigenvalue weighted by Crippen LogP contribution is 2.16. The number of nitrogens with zero attached hydrogens (tertiary/aromatic N) is 1. The first kappa shape index (κ1) is 14.4. The quantitative estimate of drug-likeness (QED) is 0.738. The second-order valence-electron chi connectivity index (χ2n) is 4.96. The molecule has 3 unspecified atom stereocenters. The Hall–Kier alpha value is -0.630. The standard InChI is InChI=1S/C13H24N2O2/c1-4-15-13(3,10-14)8-11(2)17-9-12-6-5-7-16-12/h11-12,15H,4-9H2,1-3H3. The van der Waals surface area contributed by atoms with E-state index in [1.807, 2.05) is 20.8 Å². The first-order valence-corrected chi connectivity index (χ1v) is 6.49. The van der Waals surface area contributed by atoms with Crippen molar-refractivity contribution in [2.24, 2.45) is 0 Å². The van der Waals surface area contributed by atoms with E-state index in [4.69, 9.17) is 14.7 Å². The number of ether oxygens (including phenoxy) is 2. The van der Waals surface area contributed by atoms with Gasteiger partial charge in [0.05, 0.1) is 24.9 Å². The van der Waals surface area contributed by atoms with Crippen LogP contribution in [0.1, 0.15) is 40.0 Å². The Morgan fingerprint density at radius 1 is 1.65 bits per heavy atom. The maximum atomic E-state index is 9.15. The van der Waals surface area contributed by atoms with Crippen molar-refractivity contribution in [3.8, 4) is 6.07 Å². The van der Waals surface area contributed by atoms with Crippen LogP contribution in [0, 0.1) is 11.3 Å². The molecule has 0 radical (unpaired) electrons. The van der Waals surface area contributed by atoms with Crippen LogP contribution in [-0.4, -0.2) is 37.5 Å². The molecule has 17 heavy (non-hydrogen) atoms. The van der Waals surface area contributed by atoms with Crippen LogP contribution in [0.25, 0.3) is 0 Å². The molecule has 0 saturated carbocycles. The maximum Gasteiger partial charge on any atom is 0.106 e. The van der Waals surface area contributed by atoms with Crippen molar-refractivity contribution in [1.29, 1.82) is 5.26 Å². The highest BCUT2D eigenvalue weighted by molar-refractivity contribution is 5.04. The third-order valence-electron chi connectivity index (χ3n) is 3.10. The van der Waals surface area contributed by atoms with Gasteiger partial charge in [-0.15, -0.1) is 0 Å². The second kappa shape index (κ2) is 6.95. The zero-order valence-corrected chi connectivity index (χ0v) is 11.2. The predicted molar refractivity (Wildman–Crippen MR) is 66.7 cm³/mol. The molecular formula is C13H24N2O2. The molecule has 4 heteroatoms. The summed E-state index contributed by atoms with van der Waals surface area (Å²) in [6, 6.07) is 2.32. The molecule has 1 fully saturated rings. The van der Waals surface area contributed by atoms with Crippen LogP contribution in [-0.2, 0) is 9.47 Å². The summed E-state index contributed by atoms with van der Waals surface area (Å²) >= 11 is 0. The van der Waals surface area contributed by atoms with Gasteiger partial charge in [0.2, 0.25) is 0 Å². The first-order valence-electron chi connectivity index (χ1n) is 6.49. The van der Waals surface area contributed by atoms with Gasteiger partial charge in [0.25, 0.3) is 0 Å². The Labute approximate surface area is 104 Å². The summed E-state index contributed by atoms with van der Waals surface area (Å²) in [5, 5.41) is 12.3. The molecule has 3 atom stereocenters. The van der Waals surface area contributed by atoms with E-state index in [0.29, 0.717) is 13.0 Å². The zero-order chi connectivity index (χ0) is 12.7. The fourth-order valence-electron chi connectivity index (χ4n) is 2.23. The van der Waals surface area contributed by atoms with Crippen LogP contribution in [0.3, 0.4) is 0 Å². The molecule has 0 bridgehead atoms. The smallest absolute Gasteiger partial charge is 0.106 e. The van der Waals surface area contributed by atoms with Crippen molar-refractivity contribution in [3.63, 3.8) is 0 Å². The van der Waals surface area contributed by atoms with Gasteiger partial charge < -0.3 is 9.47 Å². The van der Waals surface area contributed by atoms with Crippen LogP contribution in [0.15, 0.2) is 0 Å². The third kappa shape index (κ3) is 5.03. The van der Waals surface area contributed by atoms with Gasteiger partial charge >= 0.3 is 0 Å². The fraction of sp³-hybridized carbons (Fsp3) is 0.923. The highest BCUT2D eigenvalue weighted by Gasteiger charge is 2.26. The largest absolute Gasteiger partial charge is 0.376 e. The Morgan fingerprint density at radius 3 is 2.94 bits per heavy atom. The van der Waals surface area contributed by atoms with Gasteiger partial charge in [-0.2, -0.15) is 5.26 Å². The number of hydrogen-bond acceptors (Lipinski definition) is 4. The minimum Gasteiger partial charge on any atom is -0.376 e. The van der Waals surface area contributed by atoms with Crippen molar-refractivity contribution in [1.82, 2.24) is 5.32 Å². The lowest BCUT2D eigenvalue weighted by Gasteiger charge is -2.26. The van der Waals surface area contributed by atoms with E-state index in [9.17, 15) is 0 Å². The lowest BCUT2D eigenvalue weighted by atomic mass is 9.96. The van der Waals surface area contributed by atoms with Crippen LogP contribution in [0.2, 0.25) is 0 Å². The summed E-state index contributed by atoms with van der Waals surface area (Å²) in [7, 11) is 0. The van der Waals surface area contributed by atoms with E-state index in [1.165, 1.54) is 0 Å². The average molecular weight is 240 g/mol. The lowest BCUT2D eigenvalue weighted by molar-refractivity contribution is -0.0216. The van der Waals surface area contributed by atoms with Crippen molar-refractivity contribution in [2.75, 3.05) is 19.8 Å². The molecular weight excluding hydrogens is 216 g/mol. The van der Waals surface area contributed by atoms with E-state index in [2.05, 4.69) is 11.4 Å². The molecule has 1 heterocycles. The second-order valence-corrected chi connectivity index (χ2v) is 4.96. The first-order chi connectivity index (χ1) is 8.09. The summed E-state index contributed by atoms with van der Waals surface area (Å²) in [5.41, 5.74) is -0.495.